The molecule has 1 aliphatic heterocycles. The summed E-state index contributed by atoms with van der Waals surface area (Å²) < 4.78 is 0. The topological polar surface area (TPSA) is 53.1 Å². The molecule has 68 valence electrons. The first kappa shape index (κ1) is 8.59. The summed E-state index contributed by atoms with van der Waals surface area (Å²) in [7, 11) is 0. The van der Waals surface area contributed by atoms with Crippen LogP contribution in [0.15, 0.2) is 29.2 Å². The molecule has 2 rings (SSSR count). The molecule has 3 N–H and O–H groups in total. The van der Waals surface area contributed by atoms with Crippen molar-refractivity contribution < 1.29 is 0 Å². The predicted molar refractivity (Wildman–Crippen MR) is 56.2 cm³/mol. The number of hydrogen-bond acceptors (Lipinski definition) is 3. The highest BCUT2D eigenvalue weighted by Gasteiger charge is 2.16. The number of hydrogen-bond donors (Lipinski definition) is 2. The summed E-state index contributed by atoms with van der Waals surface area (Å²) in [6.07, 6.45) is 0.732. The normalized spacial score (nSPS) is 16.7. The number of hydrazine groups is 1. The molecule has 0 bridgehead atoms. The van der Waals surface area contributed by atoms with Crippen molar-refractivity contribution >= 4 is 23.3 Å². The van der Waals surface area contributed by atoms with Gasteiger partial charge in [-0.15, -0.1) is 11.8 Å². The Morgan fingerprint density at radius 1 is 1.38 bits per heavy atom. The SMILES string of the molecule is N=C1CCSc2ccccc2N1N. The van der Waals surface area contributed by atoms with E-state index in [1.165, 1.54) is 5.01 Å². The zero-order chi connectivity index (χ0) is 9.26. The average molecular weight is 193 g/mol. The largest absolute Gasteiger partial charge is 0.287 e. The van der Waals surface area contributed by atoms with Gasteiger partial charge in [-0.2, -0.15) is 0 Å². The average Bonchev–Trinajstić information content (AvgIpc) is 2.29. The lowest BCUT2D eigenvalue weighted by Gasteiger charge is -2.17. The zero-order valence-electron chi connectivity index (χ0n) is 7.16. The molecule has 1 aromatic carbocycles. The van der Waals surface area contributed by atoms with Gasteiger partial charge in [-0.25, -0.2) is 5.84 Å². The third-order valence-electron chi connectivity index (χ3n) is 2.01. The molecule has 0 amide bonds. The van der Waals surface area contributed by atoms with Gasteiger partial charge in [-0.05, 0) is 12.1 Å². The van der Waals surface area contributed by atoms with Gasteiger partial charge in [0.25, 0.3) is 0 Å². The minimum Gasteiger partial charge on any atom is -0.287 e. The Hall–Kier alpha value is -1.00. The molecule has 1 aliphatic rings. The van der Waals surface area contributed by atoms with E-state index in [1.807, 2.05) is 24.3 Å². The summed E-state index contributed by atoms with van der Waals surface area (Å²) in [6, 6.07) is 7.92. The van der Waals surface area contributed by atoms with Gasteiger partial charge in [-0.3, -0.25) is 10.4 Å². The summed E-state index contributed by atoms with van der Waals surface area (Å²) in [5.41, 5.74) is 0.940. The molecule has 0 radical (unpaired) electrons. The molecule has 1 aromatic rings. The van der Waals surface area contributed by atoms with E-state index in [4.69, 9.17) is 11.3 Å². The highest BCUT2D eigenvalue weighted by molar-refractivity contribution is 7.99. The molecule has 13 heavy (non-hydrogen) atoms. The van der Waals surface area contributed by atoms with Crippen LogP contribution in [0.25, 0.3) is 0 Å². The van der Waals surface area contributed by atoms with Gasteiger partial charge in [0.2, 0.25) is 0 Å². The number of para-hydroxylation sites is 1. The Bertz CT molecular complexity index is 337. The van der Waals surface area contributed by atoms with Crippen LogP contribution in [0.5, 0.6) is 0 Å². The van der Waals surface area contributed by atoms with E-state index in [0.717, 1.165) is 22.8 Å². The molecular weight excluding hydrogens is 182 g/mol. The van der Waals surface area contributed by atoms with Gasteiger partial charge in [-0.1, -0.05) is 12.1 Å². The number of nitrogens with one attached hydrogen (secondary N) is 1. The van der Waals surface area contributed by atoms with Crippen LogP contribution in [0.2, 0.25) is 0 Å². The van der Waals surface area contributed by atoms with Gasteiger partial charge in [0.15, 0.2) is 0 Å². The lowest BCUT2D eigenvalue weighted by molar-refractivity contribution is 1.05. The molecule has 0 spiro atoms. The van der Waals surface area contributed by atoms with Crippen LogP contribution in [-0.2, 0) is 0 Å². The number of nitrogens with two attached hydrogens (primary N) is 1. The monoisotopic (exact) mass is 193 g/mol. The van der Waals surface area contributed by atoms with Crippen molar-refractivity contribution in [1.82, 2.24) is 0 Å². The molecule has 0 saturated carbocycles. The van der Waals surface area contributed by atoms with Crippen LogP contribution in [-0.4, -0.2) is 11.6 Å². The van der Waals surface area contributed by atoms with Crippen molar-refractivity contribution in [2.75, 3.05) is 10.8 Å². The number of amidine groups is 1. The van der Waals surface area contributed by atoms with Crippen LogP contribution >= 0.6 is 11.8 Å². The first-order chi connectivity index (χ1) is 6.29. The first-order valence-electron chi connectivity index (χ1n) is 4.13. The predicted octanol–water partition coefficient (Wildman–Crippen LogP) is 1.84. The van der Waals surface area contributed by atoms with E-state index in [0.29, 0.717) is 5.84 Å². The number of benzene rings is 1. The summed E-state index contributed by atoms with van der Waals surface area (Å²) >= 11 is 1.75. The summed E-state index contributed by atoms with van der Waals surface area (Å²) in [5, 5.41) is 9.12. The molecule has 3 nitrogen and oxygen atoms in total. The second kappa shape index (κ2) is 3.40. The van der Waals surface area contributed by atoms with E-state index in [9.17, 15) is 0 Å². The zero-order valence-corrected chi connectivity index (χ0v) is 7.97. The van der Waals surface area contributed by atoms with Crippen molar-refractivity contribution in [3.05, 3.63) is 24.3 Å². The van der Waals surface area contributed by atoms with Crippen LogP contribution in [0.1, 0.15) is 6.42 Å². The van der Waals surface area contributed by atoms with Gasteiger partial charge in [0, 0.05) is 17.1 Å². The van der Waals surface area contributed by atoms with E-state index < -0.39 is 0 Å². The Balaban J connectivity index is 2.46. The highest BCUT2D eigenvalue weighted by Crippen LogP contribution is 2.32. The molecule has 0 aromatic heterocycles. The van der Waals surface area contributed by atoms with E-state index >= 15 is 0 Å². The lowest BCUT2D eigenvalue weighted by atomic mass is 10.3. The van der Waals surface area contributed by atoms with Crippen molar-refractivity contribution in [1.29, 1.82) is 5.41 Å². The third-order valence-corrected chi connectivity index (χ3v) is 3.08. The van der Waals surface area contributed by atoms with Crippen molar-refractivity contribution in [2.24, 2.45) is 5.84 Å². The Labute approximate surface area is 81.4 Å². The number of thioether (sulfide) groups is 1. The summed E-state index contributed by atoms with van der Waals surface area (Å²) in [4.78, 5) is 1.16. The third kappa shape index (κ3) is 1.55. The number of anilines is 1. The fraction of sp³-hybridized carbons (Fsp3) is 0.222. The van der Waals surface area contributed by atoms with Crippen molar-refractivity contribution in [2.45, 2.75) is 11.3 Å². The molecule has 0 aliphatic carbocycles. The second-order valence-corrected chi connectivity index (χ2v) is 4.02. The highest BCUT2D eigenvalue weighted by atomic mass is 32.2. The minimum atomic E-state index is 0.484. The number of rotatable bonds is 0. The maximum absolute atomic E-state index is 7.65. The first-order valence-corrected chi connectivity index (χ1v) is 5.11. The number of fused-ring (bicyclic) bond motifs is 1. The maximum Gasteiger partial charge on any atom is 0.116 e. The fourth-order valence-electron chi connectivity index (χ4n) is 1.30. The molecule has 4 heteroatoms. The standard InChI is InChI=1S/C9H11N3S/c10-9-5-6-13-8-4-2-1-3-7(8)12(9)11/h1-4,10H,5-6,11H2. The molecule has 0 saturated heterocycles. The van der Waals surface area contributed by atoms with E-state index in [1.54, 1.807) is 11.8 Å². The van der Waals surface area contributed by atoms with E-state index in [2.05, 4.69) is 0 Å². The quantitative estimate of drug-likeness (QED) is 0.618. The number of nitrogens with zero attached hydrogens (tertiary/aromatic N) is 1. The Kier molecular flexibility index (Phi) is 2.24. The summed E-state index contributed by atoms with van der Waals surface area (Å²) in [5.74, 6) is 7.20. The molecular formula is C9H11N3S. The van der Waals surface area contributed by atoms with Crippen LogP contribution in [0.3, 0.4) is 0 Å². The Morgan fingerprint density at radius 3 is 3.00 bits per heavy atom. The van der Waals surface area contributed by atoms with Crippen molar-refractivity contribution in [3.63, 3.8) is 0 Å². The molecule has 0 atom stereocenters. The van der Waals surface area contributed by atoms with Crippen LogP contribution < -0.4 is 10.9 Å². The van der Waals surface area contributed by atoms with Crippen LogP contribution in [0.4, 0.5) is 5.69 Å². The van der Waals surface area contributed by atoms with Gasteiger partial charge in [0.1, 0.15) is 5.84 Å². The fourth-order valence-corrected chi connectivity index (χ4v) is 2.31. The van der Waals surface area contributed by atoms with Gasteiger partial charge < -0.3 is 0 Å². The van der Waals surface area contributed by atoms with Crippen molar-refractivity contribution in [3.8, 4) is 0 Å². The van der Waals surface area contributed by atoms with E-state index in [-0.39, 0.29) is 0 Å². The summed E-state index contributed by atoms with van der Waals surface area (Å²) in [6.45, 7) is 0. The Morgan fingerprint density at radius 2 is 2.15 bits per heavy atom. The maximum atomic E-state index is 7.65. The molecule has 0 unspecified atom stereocenters. The van der Waals surface area contributed by atoms with Gasteiger partial charge >= 0.3 is 0 Å². The van der Waals surface area contributed by atoms with Gasteiger partial charge in [0.05, 0.1) is 5.69 Å². The second-order valence-electron chi connectivity index (χ2n) is 2.88. The molecule has 0 fully saturated rings. The van der Waals surface area contributed by atoms with Crippen LogP contribution in [0, 0.1) is 5.41 Å². The minimum absolute atomic E-state index is 0.484. The molecule has 1 heterocycles. The smallest absolute Gasteiger partial charge is 0.116 e. The lowest BCUT2D eigenvalue weighted by Crippen LogP contribution is -2.36.